The van der Waals surface area contributed by atoms with Gasteiger partial charge in [-0.1, -0.05) is 27.7 Å². The average Bonchev–Trinajstić information content (AvgIpc) is 2.81. The first-order valence-corrected chi connectivity index (χ1v) is 8.30. The highest BCUT2D eigenvalue weighted by Gasteiger charge is 2.22. The van der Waals surface area contributed by atoms with Crippen LogP contribution in [0.1, 0.15) is 62.0 Å². The van der Waals surface area contributed by atoms with E-state index < -0.39 is 5.97 Å². The summed E-state index contributed by atoms with van der Waals surface area (Å²) < 4.78 is 2.05. The minimum atomic E-state index is -0.884. The highest BCUT2D eigenvalue weighted by Crippen LogP contribution is 2.32. The summed E-state index contributed by atoms with van der Waals surface area (Å²) in [4.78, 5) is 11.8. The number of nitrogens with zero attached hydrogens (tertiary/aromatic N) is 1. The molecular weight excluding hydrogens is 290 g/mol. The van der Waals surface area contributed by atoms with Crippen LogP contribution in [0.15, 0.2) is 18.3 Å². The van der Waals surface area contributed by atoms with Gasteiger partial charge in [0.2, 0.25) is 0 Å². The molecule has 4 nitrogen and oxygen atoms in total. The first-order chi connectivity index (χ1) is 10.8. The van der Waals surface area contributed by atoms with Gasteiger partial charge in [-0.25, -0.2) is 4.79 Å². The van der Waals surface area contributed by atoms with Crippen molar-refractivity contribution in [2.24, 2.45) is 0 Å². The van der Waals surface area contributed by atoms with Gasteiger partial charge in [0.25, 0.3) is 0 Å². The molecule has 1 heterocycles. The molecule has 0 saturated carbocycles. The van der Waals surface area contributed by atoms with Gasteiger partial charge in [0.1, 0.15) is 0 Å². The number of aryl methyl sites for hydroxylation is 2. The smallest absolute Gasteiger partial charge is 0.337 e. The molecule has 0 amide bonds. The Balaban J connectivity index is 2.77. The van der Waals surface area contributed by atoms with Gasteiger partial charge >= 0.3 is 5.97 Å². The first kappa shape index (κ1) is 17.5. The van der Waals surface area contributed by atoms with E-state index in [4.69, 9.17) is 5.11 Å². The standard InChI is InChI=1S/C19H27NO3/c1-5-8-20-12-13(7-6-9-21)15-10-14(19(2,3)4)11-16(17(15)20)18(22)23/h10-12,21H,5-9H2,1-4H3,(H,22,23). The van der Waals surface area contributed by atoms with E-state index in [-0.39, 0.29) is 12.0 Å². The van der Waals surface area contributed by atoms with Crippen molar-refractivity contribution in [3.05, 3.63) is 35.0 Å². The third kappa shape index (κ3) is 3.58. The molecule has 0 aliphatic heterocycles. The Kier molecular flexibility index (Phi) is 5.15. The summed E-state index contributed by atoms with van der Waals surface area (Å²) in [6.45, 7) is 9.31. The molecule has 2 N–H and O–H groups in total. The molecule has 0 aliphatic rings. The SMILES string of the molecule is CCCn1cc(CCCO)c2cc(C(C)(C)C)cc(C(=O)O)c21. The summed E-state index contributed by atoms with van der Waals surface area (Å²) in [5.74, 6) is -0.884. The molecule has 0 spiro atoms. The van der Waals surface area contributed by atoms with Gasteiger partial charge < -0.3 is 14.8 Å². The summed E-state index contributed by atoms with van der Waals surface area (Å²) >= 11 is 0. The van der Waals surface area contributed by atoms with Gasteiger partial charge in [0.15, 0.2) is 0 Å². The van der Waals surface area contributed by atoms with E-state index in [1.807, 2.05) is 6.07 Å². The number of aliphatic hydroxyl groups excluding tert-OH is 1. The molecule has 126 valence electrons. The summed E-state index contributed by atoms with van der Waals surface area (Å²) in [6, 6.07) is 3.94. The molecule has 23 heavy (non-hydrogen) atoms. The Morgan fingerprint density at radius 1 is 1.26 bits per heavy atom. The highest BCUT2D eigenvalue weighted by molar-refractivity contribution is 6.04. The Hall–Kier alpha value is -1.81. The molecule has 4 heteroatoms. The largest absolute Gasteiger partial charge is 0.478 e. The second-order valence-electron chi connectivity index (χ2n) is 7.15. The molecule has 2 rings (SSSR count). The normalized spacial score (nSPS) is 12.0. The summed E-state index contributed by atoms with van der Waals surface area (Å²) in [5.41, 5.74) is 3.22. The summed E-state index contributed by atoms with van der Waals surface area (Å²) in [7, 11) is 0. The van der Waals surface area contributed by atoms with Gasteiger partial charge in [0.05, 0.1) is 11.1 Å². The van der Waals surface area contributed by atoms with Crippen LogP contribution >= 0.6 is 0 Å². The number of rotatable bonds is 6. The summed E-state index contributed by atoms with van der Waals surface area (Å²) in [5, 5.41) is 19.8. The van der Waals surface area contributed by atoms with E-state index in [1.165, 1.54) is 0 Å². The molecule has 0 bridgehead atoms. The van der Waals surface area contributed by atoms with E-state index in [0.29, 0.717) is 12.0 Å². The zero-order valence-electron chi connectivity index (χ0n) is 14.5. The highest BCUT2D eigenvalue weighted by atomic mass is 16.4. The van der Waals surface area contributed by atoms with Crippen molar-refractivity contribution in [3.8, 4) is 0 Å². The lowest BCUT2D eigenvalue weighted by Crippen LogP contribution is -2.13. The minimum Gasteiger partial charge on any atom is -0.478 e. The van der Waals surface area contributed by atoms with E-state index in [9.17, 15) is 9.90 Å². The van der Waals surface area contributed by atoms with Gasteiger partial charge in [-0.3, -0.25) is 0 Å². The third-order valence-electron chi connectivity index (χ3n) is 4.22. The number of carboxylic acid groups (broad SMARTS) is 1. The van der Waals surface area contributed by atoms with E-state index >= 15 is 0 Å². The quantitative estimate of drug-likeness (QED) is 0.847. The molecule has 2 aromatic rings. The Morgan fingerprint density at radius 2 is 1.96 bits per heavy atom. The fourth-order valence-corrected chi connectivity index (χ4v) is 2.99. The van der Waals surface area contributed by atoms with Crippen molar-refractivity contribution < 1.29 is 15.0 Å². The zero-order valence-corrected chi connectivity index (χ0v) is 14.5. The number of aromatic nitrogens is 1. The Labute approximate surface area is 137 Å². The first-order valence-electron chi connectivity index (χ1n) is 8.30. The zero-order chi connectivity index (χ0) is 17.2. The van der Waals surface area contributed by atoms with Crippen LogP contribution in [0.4, 0.5) is 0 Å². The number of benzene rings is 1. The van der Waals surface area contributed by atoms with Crippen LogP contribution in [-0.4, -0.2) is 27.4 Å². The maximum Gasteiger partial charge on any atom is 0.337 e. The molecule has 0 radical (unpaired) electrons. The number of fused-ring (bicyclic) bond motifs is 1. The molecule has 1 aromatic carbocycles. The predicted octanol–water partition coefficient (Wildman–Crippen LogP) is 3.97. The lowest BCUT2D eigenvalue weighted by molar-refractivity contribution is 0.0698. The van der Waals surface area contributed by atoms with Crippen molar-refractivity contribution in [2.75, 3.05) is 6.61 Å². The fourth-order valence-electron chi connectivity index (χ4n) is 2.99. The number of hydrogen-bond acceptors (Lipinski definition) is 2. The topological polar surface area (TPSA) is 62.5 Å². The molecule has 0 fully saturated rings. The second-order valence-corrected chi connectivity index (χ2v) is 7.15. The van der Waals surface area contributed by atoms with Gasteiger partial charge in [-0.05, 0) is 47.9 Å². The Morgan fingerprint density at radius 3 is 2.48 bits per heavy atom. The maximum atomic E-state index is 11.8. The monoisotopic (exact) mass is 317 g/mol. The van der Waals surface area contributed by atoms with Crippen LogP contribution in [0.5, 0.6) is 0 Å². The van der Waals surface area contributed by atoms with Crippen LogP contribution in [-0.2, 0) is 18.4 Å². The summed E-state index contributed by atoms with van der Waals surface area (Å²) in [6.07, 6.45) is 4.45. The van der Waals surface area contributed by atoms with Crippen molar-refractivity contribution in [1.82, 2.24) is 4.57 Å². The molecule has 0 aliphatic carbocycles. The number of aromatic carboxylic acids is 1. The van der Waals surface area contributed by atoms with Crippen LogP contribution < -0.4 is 0 Å². The van der Waals surface area contributed by atoms with Gasteiger partial charge in [-0.15, -0.1) is 0 Å². The molecule has 1 aromatic heterocycles. The second kappa shape index (κ2) is 6.75. The fraction of sp³-hybridized carbons (Fsp3) is 0.526. The van der Waals surface area contributed by atoms with Crippen LogP contribution in [0.25, 0.3) is 10.9 Å². The van der Waals surface area contributed by atoms with E-state index in [0.717, 1.165) is 41.4 Å². The van der Waals surface area contributed by atoms with Crippen molar-refractivity contribution >= 4 is 16.9 Å². The number of carbonyl (C=O) groups is 1. The average molecular weight is 317 g/mol. The predicted molar refractivity (Wildman–Crippen MR) is 93.3 cm³/mol. The molecule has 0 saturated heterocycles. The van der Waals surface area contributed by atoms with Crippen molar-refractivity contribution in [1.29, 1.82) is 0 Å². The Bertz CT molecular complexity index is 707. The number of hydrogen-bond donors (Lipinski definition) is 2. The lowest BCUT2D eigenvalue weighted by Gasteiger charge is -2.20. The minimum absolute atomic E-state index is 0.112. The van der Waals surface area contributed by atoms with Crippen molar-refractivity contribution in [3.63, 3.8) is 0 Å². The molecule has 0 atom stereocenters. The van der Waals surface area contributed by atoms with Gasteiger partial charge in [-0.2, -0.15) is 0 Å². The third-order valence-corrected chi connectivity index (χ3v) is 4.22. The van der Waals surface area contributed by atoms with Crippen LogP contribution in [0.3, 0.4) is 0 Å². The van der Waals surface area contributed by atoms with Crippen molar-refractivity contribution in [2.45, 2.75) is 58.9 Å². The van der Waals surface area contributed by atoms with E-state index in [2.05, 4.69) is 44.5 Å². The number of carboxylic acids is 1. The molecule has 0 unspecified atom stereocenters. The van der Waals surface area contributed by atoms with Crippen LogP contribution in [0, 0.1) is 0 Å². The van der Waals surface area contributed by atoms with E-state index in [1.54, 1.807) is 0 Å². The van der Waals surface area contributed by atoms with Gasteiger partial charge in [0, 0.05) is 24.7 Å². The number of aliphatic hydroxyl groups is 1. The molecular formula is C19H27NO3. The maximum absolute atomic E-state index is 11.8. The lowest BCUT2D eigenvalue weighted by atomic mass is 9.84. The van der Waals surface area contributed by atoms with Crippen LogP contribution in [0.2, 0.25) is 0 Å².